The number of phenols is 1. The number of halogens is 3. The van der Waals surface area contributed by atoms with Gasteiger partial charge in [0.2, 0.25) is 0 Å². The van der Waals surface area contributed by atoms with Crippen LogP contribution in [0.15, 0.2) is 78.9 Å². The molecule has 0 saturated heterocycles. The highest BCUT2D eigenvalue weighted by Crippen LogP contribution is 2.31. The zero-order chi connectivity index (χ0) is 20.1. The Balaban J connectivity index is 1.98. The molecule has 6 heteroatoms. The molecule has 3 aromatic rings. The molecule has 0 radical (unpaired) electrons. The molecule has 0 amide bonds. The number of hydrogen-bond acceptors (Lipinski definition) is 3. The fourth-order valence-corrected chi connectivity index (χ4v) is 2.49. The Morgan fingerprint density at radius 3 is 2.04 bits per heavy atom. The van der Waals surface area contributed by atoms with Crippen LogP contribution in [0.3, 0.4) is 0 Å². The predicted octanol–water partition coefficient (Wildman–Crippen LogP) is 5.56. The maximum atomic E-state index is 12.8. The first-order chi connectivity index (χ1) is 13.3. The maximum Gasteiger partial charge on any atom is 0.416 e. The molecule has 0 fully saturated rings. The SMILES string of the molecule is O=C(Oc1ccccc1)/C(=C/c1ccc(O)cc1)c1ccc(C(F)(F)F)cc1. The van der Waals surface area contributed by atoms with E-state index in [-0.39, 0.29) is 16.9 Å². The summed E-state index contributed by atoms with van der Waals surface area (Å²) in [6.07, 6.45) is -2.97. The minimum absolute atomic E-state index is 0.0556. The average molecular weight is 384 g/mol. The summed E-state index contributed by atoms with van der Waals surface area (Å²) < 4.78 is 43.8. The van der Waals surface area contributed by atoms with Crippen LogP contribution in [0.25, 0.3) is 11.6 Å². The van der Waals surface area contributed by atoms with E-state index < -0.39 is 17.7 Å². The summed E-state index contributed by atoms with van der Waals surface area (Å²) in [6.45, 7) is 0. The van der Waals surface area contributed by atoms with Crippen molar-refractivity contribution in [2.75, 3.05) is 0 Å². The van der Waals surface area contributed by atoms with Crippen molar-refractivity contribution in [1.29, 1.82) is 0 Å². The maximum absolute atomic E-state index is 12.8. The lowest BCUT2D eigenvalue weighted by Gasteiger charge is -2.11. The minimum Gasteiger partial charge on any atom is -0.508 e. The second-order valence-corrected chi connectivity index (χ2v) is 5.93. The van der Waals surface area contributed by atoms with Crippen molar-refractivity contribution >= 4 is 17.6 Å². The van der Waals surface area contributed by atoms with Gasteiger partial charge in [-0.3, -0.25) is 0 Å². The Morgan fingerprint density at radius 2 is 1.46 bits per heavy atom. The molecule has 1 N–H and O–H groups in total. The Morgan fingerprint density at radius 1 is 0.857 bits per heavy atom. The van der Waals surface area contributed by atoms with Gasteiger partial charge in [0.25, 0.3) is 0 Å². The summed E-state index contributed by atoms with van der Waals surface area (Å²) in [5.74, 6) is -0.338. The Kier molecular flexibility index (Phi) is 5.49. The van der Waals surface area contributed by atoms with Crippen LogP contribution in [0.5, 0.6) is 11.5 Å². The third-order valence-electron chi connectivity index (χ3n) is 3.90. The molecule has 0 unspecified atom stereocenters. The van der Waals surface area contributed by atoms with Crippen LogP contribution in [-0.4, -0.2) is 11.1 Å². The molecule has 0 heterocycles. The summed E-state index contributed by atoms with van der Waals surface area (Å²) in [6, 6.07) is 18.7. The van der Waals surface area contributed by atoms with E-state index in [1.807, 2.05) is 0 Å². The van der Waals surface area contributed by atoms with Gasteiger partial charge in [0, 0.05) is 0 Å². The zero-order valence-electron chi connectivity index (χ0n) is 14.5. The van der Waals surface area contributed by atoms with Crippen LogP contribution in [0, 0.1) is 0 Å². The van der Waals surface area contributed by atoms with Gasteiger partial charge in [-0.1, -0.05) is 42.5 Å². The van der Waals surface area contributed by atoms with Crippen LogP contribution >= 0.6 is 0 Å². The zero-order valence-corrected chi connectivity index (χ0v) is 14.5. The fourth-order valence-electron chi connectivity index (χ4n) is 2.49. The van der Waals surface area contributed by atoms with E-state index in [9.17, 15) is 23.1 Å². The van der Waals surface area contributed by atoms with Crippen molar-refractivity contribution < 1.29 is 27.8 Å². The number of esters is 1. The molecule has 3 rings (SSSR count). The molecule has 3 nitrogen and oxygen atoms in total. The number of benzene rings is 3. The average Bonchev–Trinajstić information content (AvgIpc) is 2.67. The van der Waals surface area contributed by atoms with Gasteiger partial charge in [0.15, 0.2) is 0 Å². The standard InChI is InChI=1S/C22H15F3O3/c23-22(24,25)17-10-8-16(9-11-17)20(14-15-6-12-18(26)13-7-15)21(27)28-19-4-2-1-3-5-19/h1-14,26H/b20-14+. The Labute approximate surface area is 159 Å². The first kappa shape index (κ1) is 19.2. The molecule has 28 heavy (non-hydrogen) atoms. The van der Waals surface area contributed by atoms with Crippen molar-refractivity contribution in [3.63, 3.8) is 0 Å². The molecule has 3 aromatic carbocycles. The second-order valence-electron chi connectivity index (χ2n) is 5.93. The summed E-state index contributed by atoms with van der Waals surface area (Å²) in [5, 5.41) is 9.40. The van der Waals surface area contributed by atoms with Gasteiger partial charge in [-0.05, 0) is 53.6 Å². The van der Waals surface area contributed by atoms with Crippen LogP contribution in [0.4, 0.5) is 13.2 Å². The molecule has 142 valence electrons. The number of aromatic hydroxyl groups is 1. The highest BCUT2D eigenvalue weighted by molar-refractivity contribution is 6.22. The molecule has 0 saturated carbocycles. The van der Waals surface area contributed by atoms with Crippen molar-refractivity contribution in [1.82, 2.24) is 0 Å². The van der Waals surface area contributed by atoms with Gasteiger partial charge >= 0.3 is 12.1 Å². The first-order valence-electron chi connectivity index (χ1n) is 8.28. The summed E-state index contributed by atoms with van der Waals surface area (Å²) >= 11 is 0. The largest absolute Gasteiger partial charge is 0.508 e. The van der Waals surface area contributed by atoms with Crippen LogP contribution in [0.2, 0.25) is 0 Å². The monoisotopic (exact) mass is 384 g/mol. The Hall–Kier alpha value is -3.54. The highest BCUT2D eigenvalue weighted by atomic mass is 19.4. The van der Waals surface area contributed by atoms with E-state index in [0.29, 0.717) is 11.3 Å². The van der Waals surface area contributed by atoms with E-state index in [2.05, 4.69) is 0 Å². The number of phenolic OH excluding ortho intramolecular Hbond substituents is 1. The summed E-state index contributed by atoms with van der Waals surface area (Å²) in [7, 11) is 0. The quantitative estimate of drug-likeness (QED) is 0.277. The van der Waals surface area contributed by atoms with Gasteiger partial charge in [0.05, 0.1) is 11.1 Å². The smallest absolute Gasteiger partial charge is 0.416 e. The van der Waals surface area contributed by atoms with Gasteiger partial charge in [-0.25, -0.2) is 4.79 Å². The number of hydrogen-bond donors (Lipinski definition) is 1. The molecule has 0 atom stereocenters. The normalized spacial score (nSPS) is 11.9. The fraction of sp³-hybridized carbons (Fsp3) is 0.0455. The molecule has 0 aliphatic heterocycles. The van der Waals surface area contributed by atoms with E-state index in [4.69, 9.17) is 4.74 Å². The molecule has 0 aromatic heterocycles. The molecular formula is C22H15F3O3. The van der Waals surface area contributed by atoms with E-state index in [1.165, 1.54) is 30.3 Å². The lowest BCUT2D eigenvalue weighted by atomic mass is 10.0. The molecule has 0 aliphatic carbocycles. The van der Waals surface area contributed by atoms with Crippen molar-refractivity contribution in [2.24, 2.45) is 0 Å². The number of rotatable bonds is 4. The van der Waals surface area contributed by atoms with Crippen LogP contribution in [0.1, 0.15) is 16.7 Å². The number of alkyl halides is 3. The third kappa shape index (κ3) is 4.79. The lowest BCUT2D eigenvalue weighted by molar-refractivity contribution is -0.137. The summed E-state index contributed by atoms with van der Waals surface area (Å²) in [5.41, 5.74) is 0.139. The van der Waals surface area contributed by atoms with E-state index in [0.717, 1.165) is 12.1 Å². The van der Waals surface area contributed by atoms with Crippen LogP contribution in [-0.2, 0) is 11.0 Å². The molecule has 0 spiro atoms. The molecular weight excluding hydrogens is 369 g/mol. The van der Waals surface area contributed by atoms with Gasteiger partial charge in [-0.2, -0.15) is 13.2 Å². The first-order valence-corrected chi connectivity index (χ1v) is 8.28. The van der Waals surface area contributed by atoms with E-state index >= 15 is 0 Å². The minimum atomic E-state index is -4.47. The van der Waals surface area contributed by atoms with Gasteiger partial charge in [0.1, 0.15) is 11.5 Å². The second kappa shape index (κ2) is 8.00. The van der Waals surface area contributed by atoms with Crippen molar-refractivity contribution in [2.45, 2.75) is 6.18 Å². The summed E-state index contributed by atoms with van der Waals surface area (Å²) in [4.78, 5) is 12.7. The van der Waals surface area contributed by atoms with Crippen LogP contribution < -0.4 is 4.74 Å². The number of ether oxygens (including phenoxy) is 1. The van der Waals surface area contributed by atoms with Gasteiger partial charge < -0.3 is 9.84 Å². The topological polar surface area (TPSA) is 46.5 Å². The lowest BCUT2D eigenvalue weighted by Crippen LogP contribution is -2.11. The van der Waals surface area contributed by atoms with Crippen molar-refractivity contribution in [3.05, 3.63) is 95.6 Å². The predicted molar refractivity (Wildman–Crippen MR) is 99.5 cm³/mol. The number of carbonyl (C=O) groups excluding carboxylic acids is 1. The number of para-hydroxylation sites is 1. The van der Waals surface area contributed by atoms with Crippen molar-refractivity contribution in [3.8, 4) is 11.5 Å². The number of carbonyl (C=O) groups is 1. The van der Waals surface area contributed by atoms with Gasteiger partial charge in [-0.15, -0.1) is 0 Å². The van der Waals surface area contributed by atoms with E-state index in [1.54, 1.807) is 42.5 Å². The molecule has 0 bridgehead atoms. The third-order valence-corrected chi connectivity index (χ3v) is 3.90. The highest BCUT2D eigenvalue weighted by Gasteiger charge is 2.30. The molecule has 0 aliphatic rings. The Bertz CT molecular complexity index is 974.